The summed E-state index contributed by atoms with van der Waals surface area (Å²) in [5.41, 5.74) is 8.43. The Bertz CT molecular complexity index is 1450. The van der Waals surface area contributed by atoms with Gasteiger partial charge in [0.25, 0.3) is 11.7 Å². The van der Waals surface area contributed by atoms with E-state index < -0.39 is 59.8 Å². The fraction of sp³-hybridized carbons (Fsp3) is 0.826. The third kappa shape index (κ3) is 12.1. The molecule has 1 aliphatic carbocycles. The molecule has 0 aromatic carbocycles. The molecule has 3 heterocycles. The number of nitrogens with zero attached hydrogens (tertiary/aromatic N) is 1. The van der Waals surface area contributed by atoms with Crippen molar-refractivity contribution in [3.63, 3.8) is 0 Å². The van der Waals surface area contributed by atoms with Crippen LogP contribution in [-0.4, -0.2) is 109 Å². The highest BCUT2D eigenvalue weighted by Gasteiger charge is 2.56. The number of nitrogens with two attached hydrogens (primary N) is 1. The van der Waals surface area contributed by atoms with Crippen molar-refractivity contribution in [3.8, 4) is 0 Å². The molecule has 1 saturated carbocycles. The summed E-state index contributed by atoms with van der Waals surface area (Å²) >= 11 is 0. The largest absolute Gasteiger partial charge is 0.456 e. The second-order valence-corrected chi connectivity index (χ2v) is 18.2. The van der Waals surface area contributed by atoms with E-state index in [1.807, 2.05) is 13.8 Å². The predicted octanol–water partition coefficient (Wildman–Crippen LogP) is 6.64. The molecule has 13 atom stereocenters. The van der Waals surface area contributed by atoms with Crippen LogP contribution in [0, 0.1) is 29.6 Å². The maximum atomic E-state index is 14.4. The maximum absolute atomic E-state index is 14.4. The molecule has 0 aromatic heterocycles. The van der Waals surface area contributed by atoms with E-state index in [1.54, 1.807) is 21.1 Å². The molecule has 0 aromatic rings. The molecular weight excluding hydrogens is 741 g/mol. The Kier molecular flexibility index (Phi) is 18.6. The van der Waals surface area contributed by atoms with Gasteiger partial charge in [0, 0.05) is 51.7 Å². The van der Waals surface area contributed by atoms with Crippen LogP contribution in [0.15, 0.2) is 23.3 Å². The smallest absolute Gasteiger partial charge is 0.329 e. The molecule has 2 saturated heterocycles. The van der Waals surface area contributed by atoms with Gasteiger partial charge >= 0.3 is 5.97 Å². The number of aliphatic hydroxyl groups is 1. The van der Waals surface area contributed by atoms with Gasteiger partial charge in [-0.2, -0.15) is 0 Å². The van der Waals surface area contributed by atoms with Crippen LogP contribution in [0.4, 0.5) is 0 Å². The minimum Gasteiger partial charge on any atom is -0.456 e. The average molecular weight is 817 g/mol. The summed E-state index contributed by atoms with van der Waals surface area (Å²) in [6, 6.07) is -1.06. The van der Waals surface area contributed by atoms with Crippen molar-refractivity contribution in [1.82, 2.24) is 4.90 Å². The summed E-state index contributed by atoms with van der Waals surface area (Å²) in [4.78, 5) is 58.1. The van der Waals surface area contributed by atoms with E-state index in [9.17, 15) is 24.3 Å². The average Bonchev–Trinajstić information content (AvgIpc) is 3.20. The Morgan fingerprint density at radius 2 is 1.67 bits per heavy atom. The van der Waals surface area contributed by atoms with Gasteiger partial charge in [-0.15, -0.1) is 0 Å². The van der Waals surface area contributed by atoms with Crippen molar-refractivity contribution in [1.29, 1.82) is 0 Å². The first-order chi connectivity index (χ1) is 27.6. The molecule has 0 spiro atoms. The standard InChI is InChI=1S/C46H76N2O10/c1-10-14-34-23-28(3)22-29(4)24-39(54-8)42-40(55-9)26-32(7)46(53,58-42)43(50)44(51)48-20-13-12-15-36(48)45(52)57-41(30(5)16-19-37(34)49)31(6)25-33-17-18-35(47)38(27-33)56-21-11-2/h23,25,29-30,32-36,38-42,53H,10-22,24,26-27,47H2,1-9H3. The highest BCUT2D eigenvalue weighted by atomic mass is 16.7. The Hall–Kier alpha value is -2.48. The quantitative estimate of drug-likeness (QED) is 0.146. The van der Waals surface area contributed by atoms with Gasteiger partial charge in [0.15, 0.2) is 0 Å². The zero-order chi connectivity index (χ0) is 42.7. The van der Waals surface area contributed by atoms with Crippen LogP contribution in [0.2, 0.25) is 0 Å². The van der Waals surface area contributed by atoms with E-state index in [1.165, 1.54) is 4.90 Å². The summed E-state index contributed by atoms with van der Waals surface area (Å²) < 4.78 is 30.6. The topological polar surface area (TPSA) is 164 Å². The minimum atomic E-state index is -2.46. The molecule has 330 valence electrons. The third-order valence-electron chi connectivity index (χ3n) is 13.2. The molecule has 3 fully saturated rings. The van der Waals surface area contributed by atoms with Crippen molar-refractivity contribution in [2.75, 3.05) is 27.4 Å². The van der Waals surface area contributed by atoms with Gasteiger partial charge in [0.2, 0.25) is 5.79 Å². The van der Waals surface area contributed by atoms with Crippen LogP contribution < -0.4 is 5.73 Å². The van der Waals surface area contributed by atoms with E-state index in [0.29, 0.717) is 51.6 Å². The number of piperidine rings is 1. The number of esters is 1. The Balaban J connectivity index is 1.73. The summed E-state index contributed by atoms with van der Waals surface area (Å²) in [7, 11) is 3.12. The van der Waals surface area contributed by atoms with Crippen LogP contribution in [0.25, 0.3) is 0 Å². The molecule has 4 rings (SSSR count). The number of fused-ring (bicyclic) bond motifs is 3. The first-order valence-electron chi connectivity index (χ1n) is 22.3. The minimum absolute atomic E-state index is 0.0308. The highest BCUT2D eigenvalue weighted by molar-refractivity contribution is 6.39. The number of allylic oxidation sites excluding steroid dienone is 3. The van der Waals surface area contributed by atoms with Crippen molar-refractivity contribution in [2.24, 2.45) is 35.3 Å². The number of Topliss-reactive ketones (excluding diaryl/α,β-unsaturated/α-hetero) is 2. The van der Waals surface area contributed by atoms with E-state index in [4.69, 9.17) is 29.4 Å². The first-order valence-corrected chi connectivity index (χ1v) is 22.3. The molecule has 4 aliphatic rings. The Labute approximate surface area is 348 Å². The lowest BCUT2D eigenvalue weighted by Crippen LogP contribution is -2.64. The molecule has 1 amide bonds. The van der Waals surface area contributed by atoms with Gasteiger partial charge in [-0.3, -0.25) is 14.4 Å². The van der Waals surface area contributed by atoms with Crippen molar-refractivity contribution in [3.05, 3.63) is 23.3 Å². The number of hydrogen-bond acceptors (Lipinski definition) is 11. The second kappa shape index (κ2) is 22.4. The molecule has 12 heteroatoms. The summed E-state index contributed by atoms with van der Waals surface area (Å²) in [5, 5.41) is 12.1. The molecule has 0 radical (unpaired) electrons. The normalized spacial score (nSPS) is 38.4. The van der Waals surface area contributed by atoms with Gasteiger partial charge in [0.05, 0.1) is 18.3 Å². The fourth-order valence-corrected chi connectivity index (χ4v) is 9.85. The molecule has 58 heavy (non-hydrogen) atoms. The van der Waals surface area contributed by atoms with Crippen molar-refractivity contribution >= 4 is 23.4 Å². The molecular formula is C46H76N2O10. The lowest BCUT2D eigenvalue weighted by atomic mass is 9.81. The number of carbonyl (C=O) groups is 4. The molecule has 13 unspecified atom stereocenters. The maximum Gasteiger partial charge on any atom is 0.329 e. The number of ketones is 2. The number of carbonyl (C=O) groups excluding carboxylic acids is 4. The monoisotopic (exact) mass is 817 g/mol. The van der Waals surface area contributed by atoms with E-state index in [-0.39, 0.29) is 54.6 Å². The number of ether oxygens (including phenoxy) is 5. The Morgan fingerprint density at radius 3 is 2.34 bits per heavy atom. The number of rotatable bonds is 9. The van der Waals surface area contributed by atoms with Crippen molar-refractivity contribution in [2.45, 2.75) is 187 Å². The van der Waals surface area contributed by atoms with E-state index in [2.05, 4.69) is 39.8 Å². The summed E-state index contributed by atoms with van der Waals surface area (Å²) in [6.07, 6.45) is 10.5. The molecule has 3 aliphatic heterocycles. The van der Waals surface area contributed by atoms with Crippen LogP contribution in [0.1, 0.15) is 138 Å². The fourth-order valence-electron chi connectivity index (χ4n) is 9.85. The summed E-state index contributed by atoms with van der Waals surface area (Å²) in [6.45, 7) is 14.8. The van der Waals surface area contributed by atoms with Crippen LogP contribution in [0.3, 0.4) is 0 Å². The van der Waals surface area contributed by atoms with Gasteiger partial charge in [-0.25, -0.2) is 4.79 Å². The predicted molar refractivity (Wildman–Crippen MR) is 222 cm³/mol. The molecule has 12 nitrogen and oxygen atoms in total. The lowest BCUT2D eigenvalue weighted by Gasteiger charge is -2.47. The first kappa shape index (κ1) is 48.2. The number of cyclic esters (lactones) is 1. The SMILES string of the molecule is CCCOC1CC(C=C(C)C2OC(=O)C3CCCCN3C(=O)C(=O)C3(O)OC(C(OC)CC(C)CC(C)=CC(CCC)C(=O)CCC2C)C(OC)CC3C)CCC1N. The molecule has 3 N–H and O–H groups in total. The van der Waals surface area contributed by atoms with E-state index in [0.717, 1.165) is 49.7 Å². The van der Waals surface area contributed by atoms with Crippen LogP contribution >= 0.6 is 0 Å². The summed E-state index contributed by atoms with van der Waals surface area (Å²) in [5.74, 6) is -5.93. The highest BCUT2D eigenvalue weighted by Crippen LogP contribution is 2.39. The third-order valence-corrected chi connectivity index (χ3v) is 13.2. The van der Waals surface area contributed by atoms with Gasteiger partial charge in [0.1, 0.15) is 24.0 Å². The van der Waals surface area contributed by atoms with Gasteiger partial charge < -0.3 is 39.4 Å². The Morgan fingerprint density at radius 1 is 0.966 bits per heavy atom. The lowest BCUT2D eigenvalue weighted by molar-refractivity contribution is -0.302. The zero-order valence-electron chi connectivity index (χ0n) is 37.0. The molecule has 2 bridgehead atoms. The number of hydrogen-bond donors (Lipinski definition) is 2. The van der Waals surface area contributed by atoms with Crippen LogP contribution in [0.5, 0.6) is 0 Å². The van der Waals surface area contributed by atoms with Crippen molar-refractivity contribution < 1.29 is 48.0 Å². The number of methoxy groups -OCH3 is 2. The van der Waals surface area contributed by atoms with Crippen LogP contribution in [-0.2, 0) is 42.9 Å². The van der Waals surface area contributed by atoms with E-state index >= 15 is 0 Å². The zero-order valence-corrected chi connectivity index (χ0v) is 37.0. The van der Waals surface area contributed by atoms with Gasteiger partial charge in [-0.05, 0) is 114 Å². The van der Waals surface area contributed by atoms with Gasteiger partial charge in [-0.1, -0.05) is 58.8 Å². The second-order valence-electron chi connectivity index (χ2n) is 18.2. The number of amides is 1.